The van der Waals surface area contributed by atoms with Gasteiger partial charge in [0, 0.05) is 12.8 Å². The molecule has 0 bridgehead atoms. The molecule has 7 unspecified atom stereocenters. The number of hydrogen-bond donors (Lipinski definition) is 6. The summed E-state index contributed by atoms with van der Waals surface area (Å²) < 4.78 is 16.6. The van der Waals surface area contributed by atoms with E-state index in [4.69, 9.17) is 14.2 Å². The standard InChI is InChI=1S/C51H93NO10/c1-3-5-7-9-11-13-14-15-19-23-27-31-35-39-47(56)60-40-36-32-28-24-20-17-16-18-22-26-30-34-38-46(55)52-43(44(54)37-33-29-25-21-12-10-8-6-4-2)42-61-51-50(59)49(58)48(57)45(41-53)62-51/h7,9,13-14,33,37,43-45,48-51,53-54,57-59H,3-6,8,10-12,15-32,34-36,38-42H2,1-2H3,(H,52,55)/b9-7-,14-13-,37-33+. The number of nitrogens with one attached hydrogen (secondary N) is 1. The van der Waals surface area contributed by atoms with Crippen LogP contribution in [-0.2, 0) is 23.8 Å². The van der Waals surface area contributed by atoms with Gasteiger partial charge < -0.3 is 45.1 Å². The van der Waals surface area contributed by atoms with Crippen molar-refractivity contribution in [1.82, 2.24) is 5.32 Å². The summed E-state index contributed by atoms with van der Waals surface area (Å²) in [6.45, 7) is 4.17. The predicted octanol–water partition coefficient (Wildman–Crippen LogP) is 9.99. The van der Waals surface area contributed by atoms with Crippen LogP contribution in [-0.4, -0.2) is 100 Å². The number of ether oxygens (including phenoxy) is 3. The minimum Gasteiger partial charge on any atom is -0.466 e. The molecule has 362 valence electrons. The normalized spacial score (nSPS) is 20.4. The van der Waals surface area contributed by atoms with Gasteiger partial charge in [-0.1, -0.05) is 179 Å². The van der Waals surface area contributed by atoms with Crippen LogP contribution in [0.3, 0.4) is 0 Å². The highest BCUT2D eigenvalue weighted by Crippen LogP contribution is 2.23. The molecule has 0 radical (unpaired) electrons. The molecule has 1 amide bonds. The van der Waals surface area contributed by atoms with Crippen LogP contribution in [0.2, 0.25) is 0 Å². The van der Waals surface area contributed by atoms with Crippen LogP contribution in [0.15, 0.2) is 36.5 Å². The van der Waals surface area contributed by atoms with Gasteiger partial charge in [-0.2, -0.15) is 0 Å². The van der Waals surface area contributed by atoms with E-state index in [0.717, 1.165) is 83.5 Å². The third-order valence-corrected chi connectivity index (χ3v) is 11.7. The summed E-state index contributed by atoms with van der Waals surface area (Å²) in [5.74, 6) is -0.251. The summed E-state index contributed by atoms with van der Waals surface area (Å²) in [6, 6.07) is -0.821. The van der Waals surface area contributed by atoms with Gasteiger partial charge in [0.25, 0.3) is 0 Å². The minimum absolute atomic E-state index is 0.0496. The molecular weight excluding hydrogens is 787 g/mol. The van der Waals surface area contributed by atoms with Crippen molar-refractivity contribution in [2.45, 2.75) is 256 Å². The number of esters is 1. The molecule has 0 spiro atoms. The van der Waals surface area contributed by atoms with Crippen molar-refractivity contribution in [2.24, 2.45) is 0 Å². The van der Waals surface area contributed by atoms with Crippen molar-refractivity contribution in [3.63, 3.8) is 0 Å². The molecule has 0 aromatic rings. The third kappa shape index (κ3) is 31.7. The van der Waals surface area contributed by atoms with Crippen LogP contribution in [0.1, 0.15) is 213 Å². The molecule has 1 rings (SSSR count). The van der Waals surface area contributed by atoms with E-state index >= 15 is 0 Å². The molecule has 62 heavy (non-hydrogen) atoms. The number of hydrogen-bond acceptors (Lipinski definition) is 10. The van der Waals surface area contributed by atoms with Crippen molar-refractivity contribution in [1.29, 1.82) is 0 Å². The Hall–Kier alpha value is -2.12. The predicted molar refractivity (Wildman–Crippen MR) is 251 cm³/mol. The van der Waals surface area contributed by atoms with Gasteiger partial charge in [0.1, 0.15) is 24.4 Å². The van der Waals surface area contributed by atoms with Crippen molar-refractivity contribution in [2.75, 3.05) is 19.8 Å². The maximum absolute atomic E-state index is 12.9. The smallest absolute Gasteiger partial charge is 0.305 e. The molecule has 1 aliphatic heterocycles. The average molecular weight is 880 g/mol. The number of carbonyl (C=O) groups excluding carboxylic acids is 2. The zero-order valence-corrected chi connectivity index (χ0v) is 39.3. The Kier molecular flexibility index (Phi) is 38.8. The highest BCUT2D eigenvalue weighted by Gasteiger charge is 2.44. The van der Waals surface area contributed by atoms with E-state index in [-0.39, 0.29) is 18.5 Å². The van der Waals surface area contributed by atoms with Gasteiger partial charge >= 0.3 is 5.97 Å². The van der Waals surface area contributed by atoms with E-state index < -0.39 is 49.5 Å². The number of aliphatic hydroxyl groups excluding tert-OH is 5. The topological polar surface area (TPSA) is 175 Å². The molecule has 0 aromatic heterocycles. The molecular formula is C51H93NO10. The molecule has 0 aliphatic carbocycles. The summed E-state index contributed by atoms with van der Waals surface area (Å²) in [7, 11) is 0. The lowest BCUT2D eigenvalue weighted by molar-refractivity contribution is -0.302. The molecule has 1 heterocycles. The molecule has 0 aromatic carbocycles. The molecule has 1 fully saturated rings. The lowest BCUT2D eigenvalue weighted by Crippen LogP contribution is -2.60. The molecule has 6 N–H and O–H groups in total. The first-order chi connectivity index (χ1) is 30.2. The van der Waals surface area contributed by atoms with Gasteiger partial charge in [0.05, 0.1) is 32.0 Å². The second-order valence-electron chi connectivity index (χ2n) is 17.5. The van der Waals surface area contributed by atoms with Gasteiger partial charge in [-0.15, -0.1) is 0 Å². The summed E-state index contributed by atoms with van der Waals surface area (Å²) in [6.07, 6.45) is 37.9. The number of carbonyl (C=O) groups is 2. The fourth-order valence-electron chi connectivity index (χ4n) is 7.65. The van der Waals surface area contributed by atoms with E-state index in [1.165, 1.54) is 103 Å². The number of rotatable bonds is 42. The number of unbranched alkanes of at least 4 members (excludes halogenated alkanes) is 24. The van der Waals surface area contributed by atoms with E-state index in [0.29, 0.717) is 19.4 Å². The maximum atomic E-state index is 12.9. The second-order valence-corrected chi connectivity index (χ2v) is 17.5. The second kappa shape index (κ2) is 41.6. The summed E-state index contributed by atoms with van der Waals surface area (Å²) in [5.41, 5.74) is 0. The largest absolute Gasteiger partial charge is 0.466 e. The first-order valence-electron chi connectivity index (χ1n) is 25.3. The minimum atomic E-state index is -1.58. The molecule has 0 saturated carbocycles. The fraction of sp³-hybridized carbons (Fsp3) is 0.843. The van der Waals surface area contributed by atoms with E-state index in [2.05, 4.69) is 43.5 Å². The Morgan fingerprint density at radius 2 is 1.11 bits per heavy atom. The first kappa shape index (κ1) is 57.9. The van der Waals surface area contributed by atoms with Crippen molar-refractivity contribution < 1.29 is 49.3 Å². The molecule has 7 atom stereocenters. The molecule has 11 heteroatoms. The Bertz CT molecular complexity index is 1130. The van der Waals surface area contributed by atoms with Crippen LogP contribution in [0, 0.1) is 0 Å². The Balaban J connectivity index is 2.15. The van der Waals surface area contributed by atoms with E-state index in [1.807, 2.05) is 6.08 Å². The zero-order valence-electron chi connectivity index (χ0n) is 39.3. The highest BCUT2D eigenvalue weighted by molar-refractivity contribution is 5.76. The molecule has 1 aliphatic rings. The first-order valence-corrected chi connectivity index (χ1v) is 25.3. The van der Waals surface area contributed by atoms with Gasteiger partial charge in [-0.05, 0) is 57.8 Å². The lowest BCUT2D eigenvalue weighted by atomic mass is 9.99. The van der Waals surface area contributed by atoms with Gasteiger partial charge in [0.15, 0.2) is 6.29 Å². The van der Waals surface area contributed by atoms with Gasteiger partial charge in [-0.3, -0.25) is 9.59 Å². The summed E-state index contributed by atoms with van der Waals surface area (Å²) in [4.78, 5) is 25.0. The monoisotopic (exact) mass is 880 g/mol. The summed E-state index contributed by atoms with van der Waals surface area (Å²) in [5, 5.41) is 54.1. The van der Waals surface area contributed by atoms with Crippen LogP contribution in [0.5, 0.6) is 0 Å². The average Bonchev–Trinajstić information content (AvgIpc) is 3.27. The lowest BCUT2D eigenvalue weighted by Gasteiger charge is -2.40. The quantitative estimate of drug-likeness (QED) is 0.0197. The fourth-order valence-corrected chi connectivity index (χ4v) is 7.65. The van der Waals surface area contributed by atoms with Crippen molar-refractivity contribution >= 4 is 11.9 Å². The van der Waals surface area contributed by atoms with Gasteiger partial charge in [-0.25, -0.2) is 0 Å². The molecule has 11 nitrogen and oxygen atoms in total. The zero-order chi connectivity index (χ0) is 45.3. The SMILES string of the molecule is CCC/C=C\C/C=C\CCCCCCCC(=O)OCCCCCCCCCCCCCCC(=O)NC(COC1OC(CO)C(O)C(O)C1O)C(O)/C=C/CCCCCCCCC. The van der Waals surface area contributed by atoms with Crippen LogP contribution < -0.4 is 5.32 Å². The Morgan fingerprint density at radius 1 is 0.597 bits per heavy atom. The number of allylic oxidation sites excluding steroid dienone is 5. The van der Waals surface area contributed by atoms with Crippen LogP contribution in [0.4, 0.5) is 0 Å². The van der Waals surface area contributed by atoms with E-state index in [1.54, 1.807) is 6.08 Å². The van der Waals surface area contributed by atoms with E-state index in [9.17, 15) is 35.1 Å². The van der Waals surface area contributed by atoms with Crippen molar-refractivity contribution in [3.05, 3.63) is 36.5 Å². The Morgan fingerprint density at radius 3 is 1.69 bits per heavy atom. The number of aliphatic hydroxyl groups is 5. The number of amides is 1. The van der Waals surface area contributed by atoms with Crippen molar-refractivity contribution in [3.8, 4) is 0 Å². The van der Waals surface area contributed by atoms with Crippen LogP contribution >= 0.6 is 0 Å². The third-order valence-electron chi connectivity index (χ3n) is 11.7. The maximum Gasteiger partial charge on any atom is 0.305 e. The van der Waals surface area contributed by atoms with Gasteiger partial charge in [0.2, 0.25) is 5.91 Å². The summed E-state index contributed by atoms with van der Waals surface area (Å²) >= 11 is 0. The highest BCUT2D eigenvalue weighted by atomic mass is 16.7. The molecule has 1 saturated heterocycles. The van der Waals surface area contributed by atoms with Crippen LogP contribution in [0.25, 0.3) is 0 Å². The Labute approximate surface area is 377 Å².